The highest BCUT2D eigenvalue weighted by atomic mass is 79.9. The van der Waals surface area contributed by atoms with E-state index in [1.807, 2.05) is 17.9 Å². The van der Waals surface area contributed by atoms with Gasteiger partial charge in [-0.2, -0.15) is 0 Å². The molecule has 1 aromatic heterocycles. The Kier molecular flexibility index (Phi) is 5.64. The molecule has 2 heterocycles. The van der Waals surface area contributed by atoms with E-state index in [2.05, 4.69) is 41.9 Å². The molecule has 1 saturated heterocycles. The van der Waals surface area contributed by atoms with Crippen molar-refractivity contribution < 1.29 is 10.0 Å². The van der Waals surface area contributed by atoms with Crippen molar-refractivity contribution in [1.29, 1.82) is 0 Å². The zero-order valence-corrected chi connectivity index (χ0v) is 15.4. The molecule has 21 heavy (non-hydrogen) atoms. The zero-order chi connectivity index (χ0) is 15.6. The van der Waals surface area contributed by atoms with Crippen molar-refractivity contribution in [3.05, 3.63) is 19.2 Å². The summed E-state index contributed by atoms with van der Waals surface area (Å²) in [7, 11) is 0. The number of nitrogens with zero attached hydrogens (tertiary/aromatic N) is 3. The fraction of sp³-hybridized carbons (Fsp3) is 0.500. The largest absolute Gasteiger partial charge is 0.409 e. The van der Waals surface area contributed by atoms with E-state index in [4.69, 9.17) is 10.9 Å². The summed E-state index contributed by atoms with van der Waals surface area (Å²) < 4.78 is 1.77. The number of amides is 1. The number of oxime groups is 1. The molecule has 0 aliphatic carbocycles. The lowest BCUT2D eigenvalue weighted by Gasteiger charge is -2.37. The van der Waals surface area contributed by atoms with Crippen LogP contribution >= 0.6 is 43.2 Å². The fourth-order valence-corrected chi connectivity index (χ4v) is 5.02. The lowest BCUT2D eigenvalue weighted by molar-refractivity contribution is 0.0618. The summed E-state index contributed by atoms with van der Waals surface area (Å²) in [5, 5.41) is 11.8. The van der Waals surface area contributed by atoms with Crippen LogP contribution in [0.2, 0.25) is 0 Å². The molecule has 0 aromatic carbocycles. The standard InChI is InChI=1S/C12H16Br2N4O2S/c1-7(11(15)16-20)17-2-4-18(5-3-17)12(19)8-6-9(13)21-10(8)14/h6-7,20H,2-5H2,1H3,(H2,15,16). The van der Waals surface area contributed by atoms with E-state index >= 15 is 0 Å². The Labute approximate surface area is 143 Å². The molecule has 1 aliphatic heterocycles. The quantitative estimate of drug-likeness (QED) is 0.327. The summed E-state index contributed by atoms with van der Waals surface area (Å²) in [5.74, 6) is 0.221. The van der Waals surface area contributed by atoms with Crippen LogP contribution in [-0.2, 0) is 0 Å². The number of nitrogens with two attached hydrogens (primary N) is 1. The molecular formula is C12H16Br2N4O2S. The number of hydrogen-bond acceptors (Lipinski definition) is 5. The first-order chi connectivity index (χ1) is 9.93. The van der Waals surface area contributed by atoms with Gasteiger partial charge in [0.05, 0.1) is 19.2 Å². The van der Waals surface area contributed by atoms with Crippen LogP contribution in [0.1, 0.15) is 17.3 Å². The molecule has 1 amide bonds. The Hall–Kier alpha value is -0.640. The third kappa shape index (κ3) is 3.77. The second-order valence-electron chi connectivity index (χ2n) is 4.77. The molecule has 0 saturated carbocycles. The van der Waals surface area contributed by atoms with Crippen molar-refractivity contribution in [2.75, 3.05) is 26.2 Å². The molecule has 1 unspecified atom stereocenters. The van der Waals surface area contributed by atoms with E-state index in [0.29, 0.717) is 31.7 Å². The number of halogens is 2. The molecule has 3 N–H and O–H groups in total. The Bertz CT molecular complexity index is 555. The molecule has 0 spiro atoms. The van der Waals surface area contributed by atoms with Gasteiger partial charge in [0, 0.05) is 26.2 Å². The summed E-state index contributed by atoms with van der Waals surface area (Å²) in [4.78, 5) is 16.4. The van der Waals surface area contributed by atoms with Crippen molar-refractivity contribution >= 4 is 54.9 Å². The first-order valence-electron chi connectivity index (χ1n) is 6.39. The molecule has 0 radical (unpaired) electrons. The summed E-state index contributed by atoms with van der Waals surface area (Å²) in [6, 6.07) is 1.71. The van der Waals surface area contributed by atoms with Gasteiger partial charge in [-0.25, -0.2) is 0 Å². The monoisotopic (exact) mass is 438 g/mol. The van der Waals surface area contributed by atoms with E-state index in [-0.39, 0.29) is 17.8 Å². The molecular weight excluding hydrogens is 424 g/mol. The number of amidine groups is 1. The maximum absolute atomic E-state index is 12.5. The minimum absolute atomic E-state index is 0.0277. The number of carbonyl (C=O) groups excluding carboxylic acids is 1. The van der Waals surface area contributed by atoms with Crippen molar-refractivity contribution in [1.82, 2.24) is 9.80 Å². The lowest BCUT2D eigenvalue weighted by Crippen LogP contribution is -2.54. The maximum atomic E-state index is 12.5. The van der Waals surface area contributed by atoms with E-state index in [1.54, 1.807) is 0 Å². The van der Waals surface area contributed by atoms with Crippen molar-refractivity contribution in [2.24, 2.45) is 10.9 Å². The van der Waals surface area contributed by atoms with Gasteiger partial charge < -0.3 is 15.8 Å². The van der Waals surface area contributed by atoms with Gasteiger partial charge in [0.15, 0.2) is 5.84 Å². The number of thiophene rings is 1. The number of carbonyl (C=O) groups is 1. The van der Waals surface area contributed by atoms with Gasteiger partial charge in [-0.3, -0.25) is 9.69 Å². The van der Waals surface area contributed by atoms with Gasteiger partial charge in [-0.1, -0.05) is 5.16 Å². The zero-order valence-electron chi connectivity index (χ0n) is 11.4. The van der Waals surface area contributed by atoms with E-state index in [9.17, 15) is 4.79 Å². The summed E-state index contributed by atoms with van der Waals surface area (Å²) in [5.41, 5.74) is 6.31. The van der Waals surface area contributed by atoms with Gasteiger partial charge in [0.2, 0.25) is 0 Å². The summed E-state index contributed by atoms with van der Waals surface area (Å²) >= 11 is 8.29. The van der Waals surface area contributed by atoms with E-state index in [0.717, 1.165) is 7.57 Å². The summed E-state index contributed by atoms with van der Waals surface area (Å²) in [6.45, 7) is 4.54. The van der Waals surface area contributed by atoms with Crippen molar-refractivity contribution in [3.63, 3.8) is 0 Å². The minimum atomic E-state index is -0.130. The van der Waals surface area contributed by atoms with Crippen molar-refractivity contribution in [2.45, 2.75) is 13.0 Å². The average Bonchev–Trinajstić information content (AvgIpc) is 2.83. The topological polar surface area (TPSA) is 82.2 Å². The predicted octanol–water partition coefficient (Wildman–Crippen LogP) is 2.17. The number of piperazine rings is 1. The van der Waals surface area contributed by atoms with Crippen LogP contribution < -0.4 is 5.73 Å². The number of rotatable bonds is 3. The summed E-state index contributed by atoms with van der Waals surface area (Å²) in [6.07, 6.45) is 0. The maximum Gasteiger partial charge on any atom is 0.255 e. The highest BCUT2D eigenvalue weighted by Crippen LogP contribution is 2.32. The van der Waals surface area contributed by atoms with Crippen LogP contribution in [0.3, 0.4) is 0 Å². The van der Waals surface area contributed by atoms with Crippen LogP contribution in [0.5, 0.6) is 0 Å². The molecule has 6 nitrogen and oxygen atoms in total. The Balaban J connectivity index is 1.98. The minimum Gasteiger partial charge on any atom is -0.409 e. The molecule has 1 atom stereocenters. The average molecular weight is 440 g/mol. The first-order valence-corrected chi connectivity index (χ1v) is 8.80. The van der Waals surface area contributed by atoms with Crippen molar-refractivity contribution in [3.8, 4) is 0 Å². The van der Waals surface area contributed by atoms with Gasteiger partial charge in [0.25, 0.3) is 5.91 Å². The van der Waals surface area contributed by atoms with Gasteiger partial charge in [-0.15, -0.1) is 11.3 Å². The Morgan fingerprint density at radius 2 is 2.05 bits per heavy atom. The second-order valence-corrected chi connectivity index (χ2v) is 8.52. The second kappa shape index (κ2) is 7.08. The third-order valence-corrected chi connectivity index (χ3v) is 5.92. The molecule has 9 heteroatoms. The SMILES string of the molecule is CC(/C(N)=N/O)N1CCN(C(=O)c2cc(Br)sc2Br)CC1. The van der Waals surface area contributed by atoms with E-state index in [1.165, 1.54) is 11.3 Å². The van der Waals surface area contributed by atoms with Gasteiger partial charge >= 0.3 is 0 Å². The lowest BCUT2D eigenvalue weighted by atomic mass is 10.2. The van der Waals surface area contributed by atoms with E-state index < -0.39 is 0 Å². The van der Waals surface area contributed by atoms with Crippen LogP contribution in [-0.4, -0.2) is 59.0 Å². The molecule has 1 aliphatic rings. The highest BCUT2D eigenvalue weighted by molar-refractivity contribution is 9.12. The molecule has 2 rings (SSSR count). The first kappa shape index (κ1) is 16.7. The van der Waals surface area contributed by atoms with Gasteiger partial charge in [-0.05, 0) is 44.8 Å². The van der Waals surface area contributed by atoms with Crippen LogP contribution in [0.15, 0.2) is 18.8 Å². The van der Waals surface area contributed by atoms with Crippen LogP contribution in [0.25, 0.3) is 0 Å². The smallest absolute Gasteiger partial charge is 0.255 e. The number of hydrogen-bond donors (Lipinski definition) is 2. The molecule has 1 fully saturated rings. The van der Waals surface area contributed by atoms with Gasteiger partial charge in [0.1, 0.15) is 0 Å². The highest BCUT2D eigenvalue weighted by Gasteiger charge is 2.27. The predicted molar refractivity (Wildman–Crippen MR) is 90.1 cm³/mol. The molecule has 0 bridgehead atoms. The molecule has 1 aromatic rings. The Morgan fingerprint density at radius 3 is 2.52 bits per heavy atom. The normalized spacial score (nSPS) is 18.8. The van der Waals surface area contributed by atoms with Crippen LogP contribution in [0, 0.1) is 0 Å². The molecule has 116 valence electrons. The fourth-order valence-electron chi connectivity index (χ4n) is 2.24. The van der Waals surface area contributed by atoms with Crippen LogP contribution in [0.4, 0.5) is 0 Å². The Morgan fingerprint density at radius 1 is 1.43 bits per heavy atom. The third-order valence-electron chi connectivity index (χ3n) is 3.58.